The summed E-state index contributed by atoms with van der Waals surface area (Å²) in [6.07, 6.45) is 27.2. The molecule has 33 heavy (non-hydrogen) atoms. The van der Waals surface area contributed by atoms with Crippen LogP contribution in [-0.4, -0.2) is 23.5 Å². The van der Waals surface area contributed by atoms with E-state index in [1.165, 1.54) is 110 Å². The molecule has 4 nitrogen and oxygen atoms in total. The average Bonchev–Trinajstić information content (AvgIpc) is 2.80. The number of rotatable bonds is 24. The van der Waals surface area contributed by atoms with E-state index in [2.05, 4.69) is 13.8 Å². The van der Waals surface area contributed by atoms with Gasteiger partial charge in [0, 0.05) is 0 Å². The van der Waals surface area contributed by atoms with Gasteiger partial charge in [0.2, 0.25) is 0 Å². The fraction of sp³-hybridized carbons (Fsp3) is 0.931. The van der Waals surface area contributed by atoms with Crippen LogP contribution in [0.3, 0.4) is 0 Å². The van der Waals surface area contributed by atoms with Crippen LogP contribution in [0.2, 0.25) is 0 Å². The topological polar surface area (TPSA) is 57.2 Å². The van der Waals surface area contributed by atoms with Crippen LogP contribution < -0.4 is 0 Å². The molecule has 0 atom stereocenters. The molecule has 0 spiro atoms. The minimum Gasteiger partial charge on any atom is -0.618 e. The molecule has 0 saturated carbocycles. The van der Waals surface area contributed by atoms with Crippen molar-refractivity contribution in [3.05, 3.63) is 5.21 Å². The highest BCUT2D eigenvalue weighted by Gasteiger charge is 2.29. The lowest BCUT2D eigenvalue weighted by molar-refractivity contribution is -0.704. The molecule has 2 amide bonds. The molecule has 0 rings (SSSR count). The first-order valence-electron chi connectivity index (χ1n) is 14.6. The van der Waals surface area contributed by atoms with Gasteiger partial charge in [-0.05, 0) is 12.8 Å². The highest BCUT2D eigenvalue weighted by atomic mass is 16.6. The molecule has 0 heterocycles. The predicted octanol–water partition coefficient (Wildman–Crippen LogP) is 9.39. The first kappa shape index (κ1) is 32.3. The Hall–Kier alpha value is -0.740. The smallest absolute Gasteiger partial charge is 0.320 e. The molecule has 0 aromatic heterocycles. The summed E-state index contributed by atoms with van der Waals surface area (Å²) in [4.78, 5) is 24.6. The number of unbranched alkanes of at least 4 members (excludes halogenated alkanes) is 20. The molecular weight excluding hydrogens is 410 g/mol. The van der Waals surface area contributed by atoms with Gasteiger partial charge in [-0.2, -0.15) is 0 Å². The lowest BCUT2D eigenvalue weighted by atomic mass is 10.0. The second-order valence-corrected chi connectivity index (χ2v) is 10.3. The van der Waals surface area contributed by atoms with E-state index >= 15 is 0 Å². The summed E-state index contributed by atoms with van der Waals surface area (Å²) < 4.78 is -1.31. The van der Waals surface area contributed by atoms with E-state index < -0.39 is 16.5 Å². The number of amides is 2. The van der Waals surface area contributed by atoms with Crippen molar-refractivity contribution in [3.63, 3.8) is 0 Å². The van der Waals surface area contributed by atoms with Crippen molar-refractivity contribution in [2.45, 2.75) is 168 Å². The second-order valence-electron chi connectivity index (χ2n) is 10.3. The van der Waals surface area contributed by atoms with Crippen LogP contribution >= 0.6 is 0 Å². The van der Waals surface area contributed by atoms with E-state index in [0.29, 0.717) is 0 Å². The number of carbonyl (C=O) groups excluding carboxylic acids is 2. The Morgan fingerprint density at radius 3 is 0.909 bits per heavy atom. The Balaban J connectivity index is 3.65. The first-order valence-corrected chi connectivity index (χ1v) is 14.6. The molecule has 0 saturated heterocycles. The van der Waals surface area contributed by atoms with Crippen molar-refractivity contribution >= 4 is 11.8 Å². The molecule has 4 heteroatoms. The maximum atomic E-state index is 12.6. The number of hydrogen-bond donors (Lipinski definition) is 0. The Bertz CT molecular complexity index is 422. The molecule has 0 radical (unpaired) electrons. The minimum absolute atomic E-state index is 0.237. The van der Waals surface area contributed by atoms with E-state index in [-0.39, 0.29) is 12.8 Å². The molecule has 0 aromatic rings. The van der Waals surface area contributed by atoms with Gasteiger partial charge in [-0.3, -0.25) is 0 Å². The van der Waals surface area contributed by atoms with Crippen LogP contribution in [-0.2, 0) is 9.59 Å². The lowest BCUT2D eigenvalue weighted by Crippen LogP contribution is -2.48. The largest absolute Gasteiger partial charge is 0.618 e. The summed E-state index contributed by atoms with van der Waals surface area (Å²) in [6, 6.07) is 0. The second kappa shape index (κ2) is 23.0. The fourth-order valence-corrected chi connectivity index (χ4v) is 4.45. The number of carbonyl (C=O) groups is 2. The number of quaternary nitrogens is 1. The minimum atomic E-state index is -1.31. The molecule has 0 aromatic carbocycles. The molecule has 0 aliphatic heterocycles. The summed E-state index contributed by atoms with van der Waals surface area (Å²) in [6.45, 7) is 4.49. The van der Waals surface area contributed by atoms with E-state index in [1.54, 1.807) is 0 Å². The quantitative estimate of drug-likeness (QED) is 0.0806. The standard InChI is InChI=1S/C29H57NO3/c1-4-6-8-10-12-14-16-18-20-22-24-26-28(31)30(3,33)29(32)27-25-23-21-19-17-15-13-11-9-7-5-2/h4-27H2,1-3H3. The summed E-state index contributed by atoms with van der Waals surface area (Å²) in [5.74, 6) is -0.919. The van der Waals surface area contributed by atoms with Gasteiger partial charge in [-0.15, -0.1) is 0 Å². The van der Waals surface area contributed by atoms with Crippen molar-refractivity contribution in [1.29, 1.82) is 0 Å². The van der Waals surface area contributed by atoms with Gasteiger partial charge in [0.15, 0.2) is 0 Å². The molecule has 196 valence electrons. The third-order valence-corrected chi connectivity index (χ3v) is 6.94. The van der Waals surface area contributed by atoms with Crippen molar-refractivity contribution in [2.75, 3.05) is 7.05 Å². The van der Waals surface area contributed by atoms with Crippen molar-refractivity contribution in [1.82, 2.24) is 0 Å². The highest BCUT2D eigenvalue weighted by Crippen LogP contribution is 2.17. The molecule has 0 N–H and O–H groups in total. The zero-order valence-corrected chi connectivity index (χ0v) is 22.6. The number of nitrogens with zero attached hydrogens (tertiary/aromatic N) is 1. The highest BCUT2D eigenvalue weighted by molar-refractivity contribution is 5.84. The van der Waals surface area contributed by atoms with Crippen molar-refractivity contribution in [2.24, 2.45) is 0 Å². The Morgan fingerprint density at radius 2 is 0.667 bits per heavy atom. The van der Waals surface area contributed by atoms with Gasteiger partial charge in [-0.25, -0.2) is 14.2 Å². The van der Waals surface area contributed by atoms with E-state index in [0.717, 1.165) is 38.5 Å². The SMILES string of the molecule is CCCCCCCCCCCCCC(=O)[N+](C)([O-])C(=O)CCCCCCCCCCCCC. The Kier molecular flexibility index (Phi) is 22.5. The molecule has 0 fully saturated rings. The molecular formula is C29H57NO3. The third kappa shape index (κ3) is 19.3. The monoisotopic (exact) mass is 467 g/mol. The van der Waals surface area contributed by atoms with E-state index in [4.69, 9.17) is 0 Å². The summed E-state index contributed by atoms with van der Waals surface area (Å²) in [5, 5.41) is 12.6. The van der Waals surface area contributed by atoms with Gasteiger partial charge in [0.05, 0.1) is 19.9 Å². The van der Waals surface area contributed by atoms with Crippen LogP contribution in [0.1, 0.15) is 168 Å². The van der Waals surface area contributed by atoms with Gasteiger partial charge < -0.3 is 5.21 Å². The zero-order chi connectivity index (χ0) is 24.6. The van der Waals surface area contributed by atoms with Gasteiger partial charge in [0.25, 0.3) is 0 Å². The van der Waals surface area contributed by atoms with Crippen molar-refractivity contribution < 1.29 is 14.2 Å². The average molecular weight is 468 g/mol. The normalized spacial score (nSPS) is 11.8. The molecule has 0 unspecified atom stereocenters. The van der Waals surface area contributed by atoms with Crippen LogP contribution in [0.15, 0.2) is 0 Å². The van der Waals surface area contributed by atoms with Gasteiger partial charge in [0.1, 0.15) is 0 Å². The maximum absolute atomic E-state index is 12.6. The molecule has 0 aliphatic rings. The third-order valence-electron chi connectivity index (χ3n) is 6.94. The van der Waals surface area contributed by atoms with Gasteiger partial charge in [-0.1, -0.05) is 142 Å². The summed E-state index contributed by atoms with van der Waals surface area (Å²) in [7, 11) is 1.24. The fourth-order valence-electron chi connectivity index (χ4n) is 4.45. The summed E-state index contributed by atoms with van der Waals surface area (Å²) >= 11 is 0. The van der Waals surface area contributed by atoms with Crippen LogP contribution in [0.4, 0.5) is 0 Å². The van der Waals surface area contributed by atoms with Crippen LogP contribution in [0, 0.1) is 5.21 Å². The lowest BCUT2D eigenvalue weighted by Gasteiger charge is -2.32. The Morgan fingerprint density at radius 1 is 0.455 bits per heavy atom. The van der Waals surface area contributed by atoms with Crippen LogP contribution in [0.25, 0.3) is 0 Å². The number of imide groups is 1. The van der Waals surface area contributed by atoms with E-state index in [1.807, 2.05) is 0 Å². The summed E-state index contributed by atoms with van der Waals surface area (Å²) in [5.41, 5.74) is 0. The maximum Gasteiger partial charge on any atom is 0.320 e. The van der Waals surface area contributed by atoms with E-state index in [9.17, 15) is 14.8 Å². The predicted molar refractivity (Wildman–Crippen MR) is 142 cm³/mol. The number of hydroxylamine groups is 3. The molecule has 0 aliphatic carbocycles. The first-order chi connectivity index (χ1) is 16.0. The van der Waals surface area contributed by atoms with Crippen LogP contribution in [0.5, 0.6) is 0 Å². The number of hydrogen-bond acceptors (Lipinski definition) is 3. The van der Waals surface area contributed by atoms with Crippen molar-refractivity contribution in [3.8, 4) is 0 Å². The van der Waals surface area contributed by atoms with Gasteiger partial charge >= 0.3 is 11.8 Å². The zero-order valence-electron chi connectivity index (χ0n) is 22.6. The Labute approximate surface area is 206 Å². The molecule has 0 bridgehead atoms.